The van der Waals surface area contributed by atoms with E-state index in [9.17, 15) is 13.2 Å². The number of rotatable bonds is 5. The number of hydrogen-bond donors (Lipinski definition) is 1. The van der Waals surface area contributed by atoms with E-state index < -0.39 is 9.84 Å². The molecule has 1 aliphatic rings. The molecule has 0 radical (unpaired) electrons. The van der Waals surface area contributed by atoms with Gasteiger partial charge in [0.1, 0.15) is 5.01 Å². The molecule has 1 atom stereocenters. The van der Waals surface area contributed by atoms with E-state index in [0.717, 1.165) is 40.9 Å². The van der Waals surface area contributed by atoms with Crippen LogP contribution in [0.15, 0.2) is 53.4 Å². The zero-order chi connectivity index (χ0) is 19.7. The molecule has 1 N–H and O–H groups in total. The highest BCUT2D eigenvalue weighted by Gasteiger charge is 2.30. The van der Waals surface area contributed by atoms with Crippen LogP contribution in [0.3, 0.4) is 0 Å². The van der Waals surface area contributed by atoms with Crippen LogP contribution < -0.4 is 5.32 Å². The number of amides is 1. The SMILES string of the molecule is CS(=O)(=O)c1cccc(NC(=O)CN2CCC[C@@H]2c2nc3ccccc3s2)c1. The van der Waals surface area contributed by atoms with Crippen LogP contribution in [0.2, 0.25) is 0 Å². The lowest BCUT2D eigenvalue weighted by atomic mass is 10.2. The molecule has 0 aliphatic carbocycles. The summed E-state index contributed by atoms with van der Waals surface area (Å²) < 4.78 is 24.6. The monoisotopic (exact) mass is 415 g/mol. The fraction of sp³-hybridized carbons (Fsp3) is 0.300. The molecular formula is C20H21N3O3S2. The highest BCUT2D eigenvalue weighted by molar-refractivity contribution is 7.90. The molecule has 8 heteroatoms. The molecule has 0 unspecified atom stereocenters. The molecule has 1 fully saturated rings. The predicted molar refractivity (Wildman–Crippen MR) is 111 cm³/mol. The first-order valence-corrected chi connectivity index (χ1v) is 11.8. The van der Waals surface area contributed by atoms with Crippen molar-refractivity contribution in [3.63, 3.8) is 0 Å². The van der Waals surface area contributed by atoms with Gasteiger partial charge in [0.2, 0.25) is 5.91 Å². The standard InChI is InChI=1S/C20H21N3O3S2/c1-28(25,26)15-7-4-6-14(12-15)21-19(24)13-23-11-5-9-17(23)20-22-16-8-2-3-10-18(16)27-20/h2-4,6-8,10,12,17H,5,9,11,13H2,1H3,(H,21,24)/t17-/m1/s1. The third-order valence-corrected chi connectivity index (χ3v) is 7.10. The van der Waals surface area contributed by atoms with Gasteiger partial charge in [0.05, 0.1) is 27.7 Å². The Morgan fingerprint density at radius 2 is 2.07 bits per heavy atom. The molecule has 0 bridgehead atoms. The fourth-order valence-electron chi connectivity index (χ4n) is 3.52. The summed E-state index contributed by atoms with van der Waals surface area (Å²) in [5.74, 6) is -0.154. The van der Waals surface area contributed by atoms with Crippen molar-refractivity contribution in [3.8, 4) is 0 Å². The number of hydrogen-bond acceptors (Lipinski definition) is 6. The number of sulfone groups is 1. The molecule has 1 saturated heterocycles. The molecule has 0 spiro atoms. The van der Waals surface area contributed by atoms with E-state index in [-0.39, 0.29) is 23.4 Å². The number of anilines is 1. The number of likely N-dealkylation sites (tertiary alicyclic amines) is 1. The molecule has 2 heterocycles. The van der Waals surface area contributed by atoms with E-state index in [2.05, 4.69) is 16.3 Å². The highest BCUT2D eigenvalue weighted by Crippen LogP contribution is 2.36. The van der Waals surface area contributed by atoms with Gasteiger partial charge in [-0.05, 0) is 49.7 Å². The van der Waals surface area contributed by atoms with Gasteiger partial charge in [-0.3, -0.25) is 9.69 Å². The van der Waals surface area contributed by atoms with Crippen molar-refractivity contribution >= 4 is 43.0 Å². The van der Waals surface area contributed by atoms with Gasteiger partial charge in [-0.1, -0.05) is 18.2 Å². The summed E-state index contributed by atoms with van der Waals surface area (Å²) in [6.45, 7) is 1.10. The lowest BCUT2D eigenvalue weighted by Gasteiger charge is -2.22. The second-order valence-corrected chi connectivity index (χ2v) is 10.1. The van der Waals surface area contributed by atoms with Crippen molar-refractivity contribution in [2.24, 2.45) is 0 Å². The van der Waals surface area contributed by atoms with Crippen LogP contribution in [0.1, 0.15) is 23.9 Å². The van der Waals surface area contributed by atoms with Gasteiger partial charge < -0.3 is 5.32 Å². The Bertz CT molecular complexity index is 1090. The van der Waals surface area contributed by atoms with E-state index in [0.29, 0.717) is 5.69 Å². The smallest absolute Gasteiger partial charge is 0.238 e. The van der Waals surface area contributed by atoms with Gasteiger partial charge >= 0.3 is 0 Å². The number of para-hydroxylation sites is 1. The normalized spacial score (nSPS) is 17.8. The Kier molecular flexibility index (Phi) is 5.18. The summed E-state index contributed by atoms with van der Waals surface area (Å²) in [4.78, 5) is 19.7. The van der Waals surface area contributed by atoms with Crippen LogP contribution in [-0.4, -0.2) is 43.6 Å². The maximum absolute atomic E-state index is 12.6. The van der Waals surface area contributed by atoms with Crippen LogP contribution in [0.5, 0.6) is 0 Å². The van der Waals surface area contributed by atoms with Crippen LogP contribution in [-0.2, 0) is 14.6 Å². The second kappa shape index (κ2) is 7.62. The zero-order valence-corrected chi connectivity index (χ0v) is 17.1. The van der Waals surface area contributed by atoms with Crippen molar-refractivity contribution in [2.45, 2.75) is 23.8 Å². The van der Waals surface area contributed by atoms with Crippen LogP contribution in [0.4, 0.5) is 5.69 Å². The molecule has 3 aromatic rings. The van der Waals surface area contributed by atoms with Crippen molar-refractivity contribution < 1.29 is 13.2 Å². The summed E-state index contributed by atoms with van der Waals surface area (Å²) >= 11 is 1.68. The van der Waals surface area contributed by atoms with Gasteiger partial charge in [0, 0.05) is 11.9 Å². The Balaban J connectivity index is 1.46. The molecule has 146 valence electrons. The Morgan fingerprint density at radius 3 is 2.86 bits per heavy atom. The third kappa shape index (κ3) is 4.09. The number of thiazole rings is 1. The Labute approximate surface area is 168 Å². The van der Waals surface area contributed by atoms with E-state index in [4.69, 9.17) is 4.98 Å². The van der Waals surface area contributed by atoms with Gasteiger partial charge in [-0.25, -0.2) is 13.4 Å². The van der Waals surface area contributed by atoms with Gasteiger partial charge in [-0.2, -0.15) is 0 Å². The zero-order valence-electron chi connectivity index (χ0n) is 15.5. The third-order valence-electron chi connectivity index (χ3n) is 4.85. The first-order valence-electron chi connectivity index (χ1n) is 9.10. The minimum absolute atomic E-state index is 0.144. The van der Waals surface area contributed by atoms with Crippen molar-refractivity contribution in [3.05, 3.63) is 53.5 Å². The molecule has 1 aliphatic heterocycles. The molecule has 1 amide bonds. The first kappa shape index (κ1) is 19.0. The number of aromatic nitrogens is 1. The Hall–Kier alpha value is -2.29. The summed E-state index contributed by atoms with van der Waals surface area (Å²) in [6, 6.07) is 14.5. The molecule has 2 aromatic carbocycles. The second-order valence-electron chi connectivity index (χ2n) is 7.00. The van der Waals surface area contributed by atoms with Crippen molar-refractivity contribution in [2.75, 3.05) is 24.7 Å². The highest BCUT2D eigenvalue weighted by atomic mass is 32.2. The van der Waals surface area contributed by atoms with E-state index in [1.807, 2.05) is 18.2 Å². The quantitative estimate of drug-likeness (QED) is 0.690. The number of carbonyl (C=O) groups excluding carboxylic acids is 1. The minimum Gasteiger partial charge on any atom is -0.325 e. The maximum Gasteiger partial charge on any atom is 0.238 e. The number of benzene rings is 2. The van der Waals surface area contributed by atoms with E-state index >= 15 is 0 Å². The first-order chi connectivity index (χ1) is 13.4. The van der Waals surface area contributed by atoms with Gasteiger partial charge in [0.15, 0.2) is 9.84 Å². The molecule has 6 nitrogen and oxygen atoms in total. The van der Waals surface area contributed by atoms with Gasteiger partial charge in [0.25, 0.3) is 0 Å². The molecule has 4 rings (SSSR count). The van der Waals surface area contributed by atoms with E-state index in [1.54, 1.807) is 23.5 Å². The average molecular weight is 416 g/mol. The largest absolute Gasteiger partial charge is 0.325 e. The van der Waals surface area contributed by atoms with Crippen LogP contribution in [0.25, 0.3) is 10.2 Å². The topological polar surface area (TPSA) is 79.4 Å². The molecular weight excluding hydrogens is 394 g/mol. The average Bonchev–Trinajstić information content (AvgIpc) is 3.27. The minimum atomic E-state index is -3.31. The lowest BCUT2D eigenvalue weighted by Crippen LogP contribution is -2.32. The lowest BCUT2D eigenvalue weighted by molar-refractivity contribution is -0.117. The number of nitrogens with one attached hydrogen (secondary N) is 1. The maximum atomic E-state index is 12.6. The fourth-order valence-corrected chi connectivity index (χ4v) is 5.32. The number of carbonyl (C=O) groups is 1. The van der Waals surface area contributed by atoms with Crippen LogP contribution in [0, 0.1) is 0 Å². The summed E-state index contributed by atoms with van der Waals surface area (Å²) in [5.41, 5.74) is 1.49. The van der Waals surface area contributed by atoms with Gasteiger partial charge in [-0.15, -0.1) is 11.3 Å². The van der Waals surface area contributed by atoms with E-state index in [1.165, 1.54) is 12.1 Å². The van der Waals surface area contributed by atoms with Crippen molar-refractivity contribution in [1.29, 1.82) is 0 Å². The predicted octanol–water partition coefficient (Wildman–Crippen LogP) is 3.48. The molecule has 28 heavy (non-hydrogen) atoms. The summed E-state index contributed by atoms with van der Waals surface area (Å²) in [5, 5.41) is 3.86. The number of nitrogens with zero attached hydrogens (tertiary/aromatic N) is 2. The molecule has 0 saturated carbocycles. The van der Waals surface area contributed by atoms with Crippen LogP contribution >= 0.6 is 11.3 Å². The number of fused-ring (bicyclic) bond motifs is 1. The molecule has 1 aromatic heterocycles. The summed E-state index contributed by atoms with van der Waals surface area (Å²) in [7, 11) is -3.31. The Morgan fingerprint density at radius 1 is 1.25 bits per heavy atom. The summed E-state index contributed by atoms with van der Waals surface area (Å²) in [6.07, 6.45) is 3.16. The van der Waals surface area contributed by atoms with Crippen molar-refractivity contribution in [1.82, 2.24) is 9.88 Å².